The van der Waals surface area contributed by atoms with Gasteiger partial charge in [-0.15, -0.1) is 10.2 Å². The summed E-state index contributed by atoms with van der Waals surface area (Å²) in [6.45, 7) is 1.78. The number of aryl methyl sites for hydroxylation is 2. The van der Waals surface area contributed by atoms with E-state index >= 15 is 0 Å². The number of aromatic nitrogens is 7. The minimum Gasteiger partial charge on any atom is -0.264 e. The van der Waals surface area contributed by atoms with Crippen LogP contribution < -0.4 is 0 Å². The zero-order valence-electron chi connectivity index (χ0n) is 19.7. The summed E-state index contributed by atoms with van der Waals surface area (Å²) in [5, 5.41) is 17.3. The molecule has 0 saturated carbocycles. The van der Waals surface area contributed by atoms with E-state index in [1.165, 1.54) is 30.4 Å². The summed E-state index contributed by atoms with van der Waals surface area (Å²) in [5.74, 6) is 0. The van der Waals surface area contributed by atoms with Crippen LogP contribution in [0.3, 0.4) is 0 Å². The van der Waals surface area contributed by atoms with E-state index in [0.29, 0.717) is 0 Å². The summed E-state index contributed by atoms with van der Waals surface area (Å²) < 4.78 is 3.89. The van der Waals surface area contributed by atoms with Gasteiger partial charge in [0.15, 0.2) is 0 Å². The molecule has 0 bridgehead atoms. The van der Waals surface area contributed by atoms with Crippen molar-refractivity contribution < 1.29 is 0 Å². The zero-order valence-corrected chi connectivity index (χ0v) is 19.7. The third-order valence-electron chi connectivity index (χ3n) is 6.10. The number of hydrogen-bond acceptors (Lipinski definition) is 5. The standard InChI is InChI=1S/C28H29N7/c1(2-9-18-34-21-27(30-32-34)24-14-11-17-29-20-24)3-10-19-35-22-28(31-33-35)26-16-8-7-15-25(26)23-12-5-4-6-13-23/h4-8,11-17,20-22H,1-3,9-10,18-19H2. The molecule has 0 saturated heterocycles. The minimum absolute atomic E-state index is 0.872. The van der Waals surface area contributed by atoms with E-state index in [1.807, 2.05) is 40.0 Å². The van der Waals surface area contributed by atoms with Crippen molar-refractivity contribution in [3.05, 3.63) is 91.5 Å². The van der Waals surface area contributed by atoms with Gasteiger partial charge in [0, 0.05) is 36.6 Å². The SMILES string of the molecule is c1ccc(-c2ccccc2-c2cn(CCCCCCCn3cc(-c4cccnc4)nn3)nn2)cc1. The van der Waals surface area contributed by atoms with Gasteiger partial charge in [-0.3, -0.25) is 14.3 Å². The molecular weight excluding hydrogens is 434 g/mol. The first-order valence-electron chi connectivity index (χ1n) is 12.2. The number of unbranched alkanes of at least 4 members (excludes halogenated alkanes) is 4. The predicted molar refractivity (Wildman–Crippen MR) is 137 cm³/mol. The molecule has 2 aromatic carbocycles. The van der Waals surface area contributed by atoms with E-state index < -0.39 is 0 Å². The smallest absolute Gasteiger partial charge is 0.114 e. The molecule has 0 amide bonds. The van der Waals surface area contributed by atoms with Gasteiger partial charge in [-0.05, 0) is 36.1 Å². The number of rotatable bonds is 11. The summed E-state index contributed by atoms with van der Waals surface area (Å²) in [5.41, 5.74) is 6.28. The van der Waals surface area contributed by atoms with Crippen LogP contribution in [0.4, 0.5) is 0 Å². The zero-order chi connectivity index (χ0) is 23.7. The van der Waals surface area contributed by atoms with Crippen molar-refractivity contribution >= 4 is 0 Å². The molecule has 7 nitrogen and oxygen atoms in total. The molecule has 5 rings (SSSR count). The van der Waals surface area contributed by atoms with Crippen molar-refractivity contribution in [3.8, 4) is 33.6 Å². The molecule has 0 aliphatic heterocycles. The van der Waals surface area contributed by atoms with Gasteiger partial charge < -0.3 is 0 Å². The number of pyridine rings is 1. The molecule has 0 N–H and O–H groups in total. The summed E-state index contributed by atoms with van der Waals surface area (Å²) in [6, 6.07) is 22.7. The molecule has 0 atom stereocenters. The highest BCUT2D eigenvalue weighted by Gasteiger charge is 2.10. The van der Waals surface area contributed by atoms with Gasteiger partial charge in [-0.25, -0.2) is 0 Å². The summed E-state index contributed by atoms with van der Waals surface area (Å²) in [7, 11) is 0. The number of hydrogen-bond donors (Lipinski definition) is 0. The number of benzene rings is 2. The van der Waals surface area contributed by atoms with E-state index in [0.717, 1.165) is 48.4 Å². The fraction of sp³-hybridized carbons (Fsp3) is 0.250. The van der Waals surface area contributed by atoms with Crippen molar-refractivity contribution in [2.24, 2.45) is 0 Å². The summed E-state index contributed by atoms with van der Waals surface area (Å²) in [4.78, 5) is 4.14. The van der Waals surface area contributed by atoms with Crippen molar-refractivity contribution in [2.45, 2.75) is 45.2 Å². The predicted octanol–water partition coefficient (Wildman–Crippen LogP) is 5.92. The molecule has 0 spiro atoms. The first kappa shape index (κ1) is 22.7. The summed E-state index contributed by atoms with van der Waals surface area (Å²) >= 11 is 0. The number of nitrogens with zero attached hydrogens (tertiary/aromatic N) is 7. The second kappa shape index (κ2) is 11.3. The van der Waals surface area contributed by atoms with Crippen LogP contribution >= 0.6 is 0 Å². The van der Waals surface area contributed by atoms with E-state index in [-0.39, 0.29) is 0 Å². The Labute approximate surface area is 205 Å². The van der Waals surface area contributed by atoms with Gasteiger partial charge in [-0.1, -0.05) is 84.3 Å². The Bertz CT molecular complexity index is 1330. The maximum atomic E-state index is 4.45. The van der Waals surface area contributed by atoms with Crippen molar-refractivity contribution in [1.82, 2.24) is 35.0 Å². The molecule has 5 aromatic rings. The maximum Gasteiger partial charge on any atom is 0.114 e. The van der Waals surface area contributed by atoms with Gasteiger partial charge in [0.05, 0.1) is 12.4 Å². The van der Waals surface area contributed by atoms with E-state index in [2.05, 4.69) is 80.3 Å². The first-order valence-corrected chi connectivity index (χ1v) is 12.2. The van der Waals surface area contributed by atoms with E-state index in [4.69, 9.17) is 0 Å². The summed E-state index contributed by atoms with van der Waals surface area (Å²) in [6.07, 6.45) is 13.4. The third kappa shape index (κ3) is 5.87. The average Bonchev–Trinajstić information content (AvgIpc) is 3.59. The molecule has 0 unspecified atom stereocenters. The lowest BCUT2D eigenvalue weighted by Crippen LogP contribution is -2.00. The van der Waals surface area contributed by atoms with Crippen LogP contribution in [-0.2, 0) is 13.1 Å². The largest absolute Gasteiger partial charge is 0.264 e. The van der Waals surface area contributed by atoms with Crippen LogP contribution in [-0.4, -0.2) is 35.0 Å². The second-order valence-electron chi connectivity index (χ2n) is 8.65. The highest BCUT2D eigenvalue weighted by molar-refractivity contribution is 5.81. The lowest BCUT2D eigenvalue weighted by Gasteiger charge is -2.07. The van der Waals surface area contributed by atoms with Crippen molar-refractivity contribution in [3.63, 3.8) is 0 Å². The van der Waals surface area contributed by atoms with Crippen LogP contribution in [0.15, 0.2) is 91.5 Å². The van der Waals surface area contributed by atoms with Crippen LogP contribution in [0.25, 0.3) is 33.6 Å². The Kier molecular flexibility index (Phi) is 7.33. The molecule has 3 aromatic heterocycles. The van der Waals surface area contributed by atoms with E-state index in [1.54, 1.807) is 6.20 Å². The van der Waals surface area contributed by atoms with Crippen LogP contribution in [0, 0.1) is 0 Å². The topological polar surface area (TPSA) is 74.3 Å². The van der Waals surface area contributed by atoms with Gasteiger partial charge >= 0.3 is 0 Å². The molecule has 0 aliphatic carbocycles. The highest BCUT2D eigenvalue weighted by Crippen LogP contribution is 2.30. The van der Waals surface area contributed by atoms with Gasteiger partial charge in [-0.2, -0.15) is 0 Å². The van der Waals surface area contributed by atoms with Gasteiger partial charge in [0.2, 0.25) is 0 Å². The van der Waals surface area contributed by atoms with Crippen LogP contribution in [0.5, 0.6) is 0 Å². The van der Waals surface area contributed by atoms with Gasteiger partial charge in [0.1, 0.15) is 11.4 Å². The lowest BCUT2D eigenvalue weighted by molar-refractivity contribution is 0.492. The van der Waals surface area contributed by atoms with Crippen molar-refractivity contribution in [1.29, 1.82) is 0 Å². The fourth-order valence-electron chi connectivity index (χ4n) is 4.24. The van der Waals surface area contributed by atoms with Crippen LogP contribution in [0.2, 0.25) is 0 Å². The maximum absolute atomic E-state index is 4.45. The Morgan fingerprint density at radius 1 is 0.543 bits per heavy atom. The fourth-order valence-corrected chi connectivity index (χ4v) is 4.24. The van der Waals surface area contributed by atoms with E-state index in [9.17, 15) is 0 Å². The molecule has 0 radical (unpaired) electrons. The molecular formula is C28H29N7. The molecule has 176 valence electrons. The third-order valence-corrected chi connectivity index (χ3v) is 6.10. The Hall–Kier alpha value is -4.13. The molecule has 0 aliphatic rings. The molecule has 3 heterocycles. The average molecular weight is 464 g/mol. The Balaban J connectivity index is 1.05. The second-order valence-corrected chi connectivity index (χ2v) is 8.65. The monoisotopic (exact) mass is 463 g/mol. The highest BCUT2D eigenvalue weighted by atomic mass is 15.4. The van der Waals surface area contributed by atoms with Crippen LogP contribution in [0.1, 0.15) is 32.1 Å². The van der Waals surface area contributed by atoms with Gasteiger partial charge in [0.25, 0.3) is 0 Å². The lowest BCUT2D eigenvalue weighted by atomic mass is 9.98. The molecule has 35 heavy (non-hydrogen) atoms. The Morgan fingerprint density at radius 3 is 1.86 bits per heavy atom. The molecule has 0 fully saturated rings. The Morgan fingerprint density at radius 2 is 1.14 bits per heavy atom. The van der Waals surface area contributed by atoms with Crippen molar-refractivity contribution in [2.75, 3.05) is 0 Å². The first-order chi connectivity index (χ1) is 17.4. The molecule has 7 heteroatoms. The normalized spacial score (nSPS) is 11.1. The quantitative estimate of drug-likeness (QED) is 0.227. The minimum atomic E-state index is 0.872.